The predicted octanol–water partition coefficient (Wildman–Crippen LogP) is 1.55. The van der Waals surface area contributed by atoms with Gasteiger partial charge in [0.25, 0.3) is 0 Å². The molecule has 0 bridgehead atoms. The number of nitrogens with two attached hydrogens (primary N) is 1. The first-order valence-corrected chi connectivity index (χ1v) is 5.50. The first kappa shape index (κ1) is 11.1. The number of nitrogens with zero attached hydrogens (tertiary/aromatic N) is 1. The summed E-state index contributed by atoms with van der Waals surface area (Å²) in [5.41, 5.74) is 6.21. The van der Waals surface area contributed by atoms with Crippen LogP contribution in [0.5, 0.6) is 0 Å². The van der Waals surface area contributed by atoms with Crippen LogP contribution in [0.1, 0.15) is 31.9 Å². The highest BCUT2D eigenvalue weighted by molar-refractivity contribution is 7.13. The molecule has 0 saturated heterocycles. The molecule has 1 amide bonds. The molecule has 0 saturated carbocycles. The van der Waals surface area contributed by atoms with Crippen molar-refractivity contribution in [3.05, 3.63) is 11.1 Å². The van der Waals surface area contributed by atoms with Crippen LogP contribution in [-0.4, -0.2) is 17.4 Å². The minimum absolute atomic E-state index is 0.00174. The lowest BCUT2D eigenvalue weighted by atomic mass is 10.1. The molecule has 0 radical (unpaired) electrons. The molecule has 0 aliphatic carbocycles. The zero-order valence-electron chi connectivity index (χ0n) is 8.41. The highest BCUT2D eigenvalue weighted by Crippen LogP contribution is 2.23. The fraction of sp³-hybridized carbons (Fsp3) is 0.556. The van der Waals surface area contributed by atoms with Gasteiger partial charge in [0, 0.05) is 5.38 Å². The third-order valence-electron chi connectivity index (χ3n) is 2.07. The molecule has 1 aromatic heterocycles. The number of thiazole rings is 1. The van der Waals surface area contributed by atoms with Gasteiger partial charge in [0.05, 0.1) is 12.2 Å². The van der Waals surface area contributed by atoms with E-state index in [1.807, 2.05) is 5.38 Å². The number of anilines is 1. The zero-order valence-corrected chi connectivity index (χ0v) is 9.23. The molecule has 1 atom stereocenters. The number of carbonyl (C=O) groups excluding carboxylic acids is 1. The second-order valence-electron chi connectivity index (χ2n) is 3.14. The second-order valence-corrected chi connectivity index (χ2v) is 4.00. The van der Waals surface area contributed by atoms with E-state index in [0.29, 0.717) is 11.0 Å². The summed E-state index contributed by atoms with van der Waals surface area (Å²) in [7, 11) is 0. The molecule has 0 spiro atoms. The van der Waals surface area contributed by atoms with Crippen molar-refractivity contribution in [1.29, 1.82) is 0 Å². The van der Waals surface area contributed by atoms with Gasteiger partial charge in [0.2, 0.25) is 5.91 Å². The number of nitrogens with one attached hydrogen (secondary N) is 1. The van der Waals surface area contributed by atoms with Gasteiger partial charge < -0.3 is 11.1 Å². The lowest BCUT2D eigenvalue weighted by Gasteiger charge is -2.02. The van der Waals surface area contributed by atoms with Crippen LogP contribution in [0.4, 0.5) is 5.13 Å². The average Bonchev–Trinajstić information content (AvgIpc) is 2.65. The molecule has 5 heteroatoms. The lowest BCUT2D eigenvalue weighted by molar-refractivity contribution is -0.114. The van der Waals surface area contributed by atoms with E-state index in [1.54, 1.807) is 0 Å². The monoisotopic (exact) mass is 213 g/mol. The van der Waals surface area contributed by atoms with Crippen LogP contribution in [-0.2, 0) is 4.79 Å². The molecule has 0 aliphatic heterocycles. The van der Waals surface area contributed by atoms with E-state index < -0.39 is 0 Å². The number of carbonyl (C=O) groups is 1. The standard InChI is InChI=1S/C9H15N3OS/c1-3-6(2)7-5-14-9(11-7)12-8(13)4-10/h5-6H,3-4,10H2,1-2H3,(H,11,12,13). The van der Waals surface area contributed by atoms with Crippen molar-refractivity contribution >= 4 is 22.4 Å². The summed E-state index contributed by atoms with van der Waals surface area (Å²) in [6.07, 6.45) is 1.05. The molecule has 0 aromatic carbocycles. The zero-order chi connectivity index (χ0) is 10.6. The largest absolute Gasteiger partial charge is 0.322 e. The summed E-state index contributed by atoms with van der Waals surface area (Å²) in [6.45, 7) is 4.23. The number of hydrogen-bond donors (Lipinski definition) is 2. The Morgan fingerprint density at radius 2 is 2.50 bits per heavy atom. The quantitative estimate of drug-likeness (QED) is 0.797. The van der Waals surface area contributed by atoms with Crippen molar-refractivity contribution in [2.75, 3.05) is 11.9 Å². The molecule has 3 N–H and O–H groups in total. The summed E-state index contributed by atoms with van der Waals surface area (Å²) in [5.74, 6) is 0.241. The van der Waals surface area contributed by atoms with Gasteiger partial charge in [-0.2, -0.15) is 0 Å². The molecule has 0 fully saturated rings. The van der Waals surface area contributed by atoms with E-state index in [9.17, 15) is 4.79 Å². The molecule has 1 aromatic rings. The van der Waals surface area contributed by atoms with Crippen molar-refractivity contribution in [3.63, 3.8) is 0 Å². The van der Waals surface area contributed by atoms with Crippen molar-refractivity contribution in [1.82, 2.24) is 4.98 Å². The third-order valence-corrected chi connectivity index (χ3v) is 2.85. The van der Waals surface area contributed by atoms with Gasteiger partial charge in [-0.15, -0.1) is 11.3 Å². The van der Waals surface area contributed by atoms with Crippen LogP contribution in [0.25, 0.3) is 0 Å². The fourth-order valence-corrected chi connectivity index (χ4v) is 1.80. The first-order chi connectivity index (χ1) is 6.67. The van der Waals surface area contributed by atoms with E-state index in [4.69, 9.17) is 5.73 Å². The summed E-state index contributed by atoms with van der Waals surface area (Å²) in [4.78, 5) is 15.3. The minimum Gasteiger partial charge on any atom is -0.322 e. The third kappa shape index (κ3) is 2.78. The lowest BCUT2D eigenvalue weighted by Crippen LogP contribution is -2.21. The molecular formula is C9H15N3OS. The van der Waals surface area contributed by atoms with E-state index >= 15 is 0 Å². The fourth-order valence-electron chi connectivity index (χ4n) is 0.949. The molecule has 78 valence electrons. The Balaban J connectivity index is 2.63. The summed E-state index contributed by atoms with van der Waals surface area (Å²) < 4.78 is 0. The summed E-state index contributed by atoms with van der Waals surface area (Å²) >= 11 is 1.44. The SMILES string of the molecule is CCC(C)c1csc(NC(=O)CN)n1. The van der Waals surface area contributed by atoms with Gasteiger partial charge in [-0.3, -0.25) is 4.79 Å². The number of aromatic nitrogens is 1. The Morgan fingerprint density at radius 3 is 3.07 bits per heavy atom. The van der Waals surface area contributed by atoms with Crippen molar-refractivity contribution < 1.29 is 4.79 Å². The van der Waals surface area contributed by atoms with Crippen molar-refractivity contribution in [3.8, 4) is 0 Å². The highest BCUT2D eigenvalue weighted by Gasteiger charge is 2.09. The van der Waals surface area contributed by atoms with Gasteiger partial charge in [-0.25, -0.2) is 4.98 Å². The van der Waals surface area contributed by atoms with E-state index in [-0.39, 0.29) is 12.5 Å². The van der Waals surface area contributed by atoms with Gasteiger partial charge >= 0.3 is 0 Å². The Labute approximate surface area is 87.5 Å². The van der Waals surface area contributed by atoms with Crippen LogP contribution in [0.2, 0.25) is 0 Å². The molecule has 1 rings (SSSR count). The maximum absolute atomic E-state index is 11.0. The maximum Gasteiger partial charge on any atom is 0.239 e. The van der Waals surface area contributed by atoms with Crippen molar-refractivity contribution in [2.45, 2.75) is 26.2 Å². The Hall–Kier alpha value is -0.940. The van der Waals surface area contributed by atoms with Crippen LogP contribution in [0.15, 0.2) is 5.38 Å². The van der Waals surface area contributed by atoms with E-state index in [0.717, 1.165) is 12.1 Å². The number of rotatable bonds is 4. The predicted molar refractivity (Wildman–Crippen MR) is 58.5 cm³/mol. The Morgan fingerprint density at radius 1 is 1.79 bits per heavy atom. The van der Waals surface area contributed by atoms with Crippen LogP contribution < -0.4 is 11.1 Å². The second kappa shape index (κ2) is 5.07. The van der Waals surface area contributed by atoms with E-state index in [2.05, 4.69) is 24.1 Å². The minimum atomic E-state index is -0.199. The Bertz CT molecular complexity index is 311. The van der Waals surface area contributed by atoms with Crippen LogP contribution in [0, 0.1) is 0 Å². The van der Waals surface area contributed by atoms with Crippen molar-refractivity contribution in [2.24, 2.45) is 5.73 Å². The normalized spacial score (nSPS) is 12.5. The van der Waals surface area contributed by atoms with Crippen LogP contribution in [0.3, 0.4) is 0 Å². The van der Waals surface area contributed by atoms with Gasteiger partial charge in [-0.05, 0) is 12.3 Å². The van der Waals surface area contributed by atoms with Gasteiger partial charge in [0.15, 0.2) is 5.13 Å². The molecular weight excluding hydrogens is 198 g/mol. The first-order valence-electron chi connectivity index (χ1n) is 4.62. The summed E-state index contributed by atoms with van der Waals surface area (Å²) in [6, 6.07) is 0. The smallest absolute Gasteiger partial charge is 0.239 e. The molecule has 0 aliphatic rings. The van der Waals surface area contributed by atoms with Gasteiger partial charge in [-0.1, -0.05) is 13.8 Å². The molecule has 1 heterocycles. The maximum atomic E-state index is 11.0. The Kier molecular flexibility index (Phi) is 4.03. The van der Waals surface area contributed by atoms with E-state index in [1.165, 1.54) is 11.3 Å². The van der Waals surface area contributed by atoms with Gasteiger partial charge in [0.1, 0.15) is 0 Å². The molecule has 14 heavy (non-hydrogen) atoms. The summed E-state index contributed by atoms with van der Waals surface area (Å²) in [5, 5.41) is 5.24. The molecule has 1 unspecified atom stereocenters. The number of hydrogen-bond acceptors (Lipinski definition) is 4. The number of amides is 1. The molecule has 4 nitrogen and oxygen atoms in total. The topological polar surface area (TPSA) is 68.0 Å². The van der Waals surface area contributed by atoms with Crippen LogP contribution >= 0.6 is 11.3 Å². The average molecular weight is 213 g/mol. The highest BCUT2D eigenvalue weighted by atomic mass is 32.1.